The maximum Gasteiger partial charge on any atom is 0.416 e. The first-order valence-electron chi connectivity index (χ1n) is 15.5. The molecule has 2 atom stereocenters. The molecule has 17 heteroatoms. The first-order chi connectivity index (χ1) is 23.1. The Bertz CT molecular complexity index is 1480. The Morgan fingerprint density at radius 1 is 0.980 bits per heavy atom. The number of fused-ring (bicyclic) bond motifs is 1. The SMILES string of the molecule is CCOC(=O)N1c2cc(C(=O)NCCN3CCOCC3)c(OC)cc2[C@@H](N(Cc2cc(C(F)(F)F)cc(C(F)(F)F)c2)C(=O)OC)C[C@H]1C. The minimum atomic E-state index is -5.11. The van der Waals surface area contributed by atoms with Crippen LogP contribution in [0.4, 0.5) is 41.6 Å². The Balaban J connectivity index is 1.78. The molecule has 2 aliphatic rings. The topological polar surface area (TPSA) is 110 Å². The summed E-state index contributed by atoms with van der Waals surface area (Å²) < 4.78 is 103. The van der Waals surface area contributed by atoms with Crippen LogP contribution in [-0.4, -0.2) is 94.2 Å². The molecule has 0 unspecified atom stereocenters. The van der Waals surface area contributed by atoms with E-state index in [-0.39, 0.29) is 48.2 Å². The lowest BCUT2D eigenvalue weighted by atomic mass is 9.89. The molecule has 0 bridgehead atoms. The van der Waals surface area contributed by atoms with Crippen molar-refractivity contribution in [1.29, 1.82) is 0 Å². The van der Waals surface area contributed by atoms with Gasteiger partial charge in [0.2, 0.25) is 0 Å². The number of amides is 3. The Morgan fingerprint density at radius 2 is 1.61 bits per heavy atom. The monoisotopic (exact) mass is 704 g/mol. The second kappa shape index (κ2) is 15.5. The number of anilines is 1. The number of hydrogen-bond acceptors (Lipinski definition) is 8. The number of hydrogen-bond donors (Lipinski definition) is 1. The number of benzene rings is 2. The molecule has 1 saturated heterocycles. The van der Waals surface area contributed by atoms with E-state index in [1.54, 1.807) is 13.8 Å². The first-order valence-corrected chi connectivity index (χ1v) is 15.5. The van der Waals surface area contributed by atoms with Gasteiger partial charge in [0, 0.05) is 44.3 Å². The van der Waals surface area contributed by atoms with E-state index >= 15 is 0 Å². The lowest BCUT2D eigenvalue weighted by Crippen LogP contribution is -2.48. The molecule has 2 aliphatic heterocycles. The van der Waals surface area contributed by atoms with Crippen LogP contribution in [0.2, 0.25) is 0 Å². The highest BCUT2D eigenvalue weighted by Gasteiger charge is 2.42. The molecule has 0 radical (unpaired) electrons. The van der Waals surface area contributed by atoms with Gasteiger partial charge in [-0.25, -0.2) is 9.59 Å². The van der Waals surface area contributed by atoms with Crippen molar-refractivity contribution in [3.8, 4) is 5.75 Å². The van der Waals surface area contributed by atoms with Gasteiger partial charge in [-0.05, 0) is 56.2 Å². The molecular weight excluding hydrogens is 666 g/mol. The predicted molar refractivity (Wildman–Crippen MR) is 163 cm³/mol. The summed E-state index contributed by atoms with van der Waals surface area (Å²) in [7, 11) is 2.32. The van der Waals surface area contributed by atoms with Crippen LogP contribution in [0.5, 0.6) is 5.75 Å². The summed E-state index contributed by atoms with van der Waals surface area (Å²) in [4.78, 5) is 44.3. The lowest BCUT2D eigenvalue weighted by molar-refractivity contribution is -0.143. The van der Waals surface area contributed by atoms with Gasteiger partial charge in [-0.15, -0.1) is 0 Å². The fourth-order valence-corrected chi connectivity index (χ4v) is 5.94. The highest BCUT2D eigenvalue weighted by atomic mass is 19.4. The third-order valence-electron chi connectivity index (χ3n) is 8.28. The van der Waals surface area contributed by atoms with Crippen LogP contribution in [-0.2, 0) is 33.1 Å². The average Bonchev–Trinajstić information content (AvgIpc) is 3.05. The largest absolute Gasteiger partial charge is 0.496 e. The number of ether oxygens (including phenoxy) is 4. The van der Waals surface area contributed by atoms with Crippen molar-refractivity contribution in [2.24, 2.45) is 0 Å². The number of carbonyl (C=O) groups excluding carboxylic acids is 3. The molecule has 0 aliphatic carbocycles. The van der Waals surface area contributed by atoms with E-state index in [1.165, 1.54) is 24.1 Å². The lowest BCUT2D eigenvalue weighted by Gasteiger charge is -2.42. The number of methoxy groups -OCH3 is 2. The van der Waals surface area contributed by atoms with E-state index in [0.717, 1.165) is 12.0 Å². The molecule has 3 amide bonds. The van der Waals surface area contributed by atoms with Gasteiger partial charge in [0.25, 0.3) is 5.91 Å². The van der Waals surface area contributed by atoms with E-state index in [4.69, 9.17) is 18.9 Å². The van der Waals surface area contributed by atoms with Crippen LogP contribution in [0.25, 0.3) is 0 Å². The van der Waals surface area contributed by atoms with Crippen molar-refractivity contribution in [3.63, 3.8) is 0 Å². The summed E-state index contributed by atoms with van der Waals surface area (Å²) in [5.74, 6) is -0.478. The number of alkyl halides is 6. The fourth-order valence-electron chi connectivity index (χ4n) is 5.94. The quantitative estimate of drug-likeness (QED) is 0.324. The number of rotatable bonds is 9. The molecule has 0 spiro atoms. The molecule has 2 aromatic rings. The smallest absolute Gasteiger partial charge is 0.416 e. The van der Waals surface area contributed by atoms with Gasteiger partial charge in [-0.1, -0.05) is 0 Å². The van der Waals surface area contributed by atoms with Crippen molar-refractivity contribution in [3.05, 3.63) is 58.1 Å². The van der Waals surface area contributed by atoms with Crippen LogP contribution in [0.3, 0.4) is 0 Å². The third kappa shape index (κ3) is 8.86. The zero-order chi connectivity index (χ0) is 36.1. The number of carbonyl (C=O) groups is 3. The summed E-state index contributed by atoms with van der Waals surface area (Å²) in [5, 5.41) is 2.83. The molecule has 0 saturated carbocycles. The average molecular weight is 705 g/mol. The van der Waals surface area contributed by atoms with Gasteiger partial charge in [0.05, 0.1) is 62.5 Å². The van der Waals surface area contributed by atoms with E-state index < -0.39 is 65.8 Å². The van der Waals surface area contributed by atoms with Crippen molar-refractivity contribution in [2.45, 2.75) is 51.2 Å². The summed E-state index contributed by atoms with van der Waals surface area (Å²) in [6, 6.07) is 2.10. The summed E-state index contributed by atoms with van der Waals surface area (Å²) in [6.45, 7) is 5.93. The van der Waals surface area contributed by atoms with Gasteiger partial charge in [0.1, 0.15) is 5.75 Å². The minimum Gasteiger partial charge on any atom is -0.496 e. The highest BCUT2D eigenvalue weighted by molar-refractivity contribution is 6.00. The fraction of sp³-hybridized carbons (Fsp3) is 0.531. The number of nitrogens with zero attached hydrogens (tertiary/aromatic N) is 3. The normalized spacial score (nSPS) is 18.4. The van der Waals surface area contributed by atoms with Gasteiger partial charge in [-0.3, -0.25) is 19.5 Å². The van der Waals surface area contributed by atoms with Crippen molar-refractivity contribution >= 4 is 23.8 Å². The molecule has 4 rings (SSSR count). The van der Waals surface area contributed by atoms with E-state index in [2.05, 4.69) is 10.2 Å². The molecule has 49 heavy (non-hydrogen) atoms. The summed E-state index contributed by atoms with van der Waals surface area (Å²) >= 11 is 0. The van der Waals surface area contributed by atoms with Crippen LogP contribution >= 0.6 is 0 Å². The molecule has 0 aromatic heterocycles. The van der Waals surface area contributed by atoms with Gasteiger partial charge in [0.15, 0.2) is 0 Å². The van der Waals surface area contributed by atoms with Gasteiger partial charge < -0.3 is 24.3 Å². The molecule has 1 fully saturated rings. The maximum absolute atomic E-state index is 13.7. The molecule has 1 N–H and O–H groups in total. The summed E-state index contributed by atoms with van der Waals surface area (Å²) in [5.41, 5.74) is -3.14. The molecule has 270 valence electrons. The Labute approximate surface area is 279 Å². The van der Waals surface area contributed by atoms with Gasteiger partial charge >= 0.3 is 24.5 Å². The molecule has 2 aromatic carbocycles. The van der Waals surface area contributed by atoms with E-state index in [0.29, 0.717) is 45.0 Å². The molecule has 2 heterocycles. The maximum atomic E-state index is 13.7. The van der Waals surface area contributed by atoms with Crippen LogP contribution in [0.15, 0.2) is 30.3 Å². The van der Waals surface area contributed by atoms with E-state index in [1.807, 2.05) is 0 Å². The number of morpholine rings is 1. The standard InChI is InChI=1S/C32H38F6N4O7/c1-5-49-30(45)42-19(2)12-25(41(29(44)47-4)18-20-13-21(31(33,34)35)15-22(14-20)32(36,37)38)23-17-27(46-3)24(16-26(23)42)28(43)39-6-7-40-8-10-48-11-9-40/h13-17,19,25H,5-12,18H2,1-4H3,(H,39,43)/t19-,25+/m1/s1. The predicted octanol–water partition coefficient (Wildman–Crippen LogP) is 5.86. The van der Waals surface area contributed by atoms with Crippen LogP contribution in [0, 0.1) is 0 Å². The minimum absolute atomic E-state index is 0.000420. The third-order valence-corrected chi connectivity index (χ3v) is 8.28. The number of halogens is 6. The van der Waals surface area contributed by atoms with Crippen molar-refractivity contribution in [2.75, 3.05) is 65.1 Å². The number of nitrogens with one attached hydrogen (secondary N) is 1. The van der Waals surface area contributed by atoms with Gasteiger partial charge in [-0.2, -0.15) is 26.3 Å². The Morgan fingerprint density at radius 3 is 2.16 bits per heavy atom. The molecular formula is C32H38F6N4O7. The summed E-state index contributed by atoms with van der Waals surface area (Å²) in [6.07, 6.45) is -12.1. The Hall–Kier alpha value is -4.25. The van der Waals surface area contributed by atoms with Crippen LogP contribution in [0.1, 0.15) is 58.9 Å². The van der Waals surface area contributed by atoms with Crippen molar-refractivity contribution in [1.82, 2.24) is 15.1 Å². The van der Waals surface area contributed by atoms with Crippen LogP contribution < -0.4 is 15.0 Å². The van der Waals surface area contributed by atoms with Crippen molar-refractivity contribution < 1.29 is 59.7 Å². The van der Waals surface area contributed by atoms with E-state index in [9.17, 15) is 40.7 Å². The molecule has 11 nitrogen and oxygen atoms in total. The first kappa shape index (κ1) is 37.6. The second-order valence-corrected chi connectivity index (χ2v) is 11.5. The highest BCUT2D eigenvalue weighted by Crippen LogP contribution is 2.45. The zero-order valence-corrected chi connectivity index (χ0v) is 27.4. The zero-order valence-electron chi connectivity index (χ0n) is 27.4. The second-order valence-electron chi connectivity index (χ2n) is 11.5. The Kier molecular flexibility index (Phi) is 11.9.